The van der Waals surface area contributed by atoms with Crippen molar-refractivity contribution in [3.05, 3.63) is 116 Å². The molecule has 0 aliphatic heterocycles. The summed E-state index contributed by atoms with van der Waals surface area (Å²) in [6, 6.07) is 22.0. The highest BCUT2D eigenvalue weighted by Crippen LogP contribution is 2.25. The zero-order valence-electron chi connectivity index (χ0n) is 29.0. The van der Waals surface area contributed by atoms with Crippen molar-refractivity contribution in [1.82, 2.24) is 9.80 Å². The van der Waals surface area contributed by atoms with E-state index >= 15 is 0 Å². The number of nitrogens with one attached hydrogen (secondary N) is 2. The molecule has 0 spiro atoms. The number of likely N-dealkylation sites (N-methyl/N-ethyl adjacent to an activating group) is 2. The van der Waals surface area contributed by atoms with Gasteiger partial charge in [-0.05, 0) is 133 Å². The Balaban J connectivity index is 0.000000333. The molecule has 0 aliphatic rings. The van der Waals surface area contributed by atoms with Gasteiger partial charge in [-0.25, -0.2) is 0 Å². The van der Waals surface area contributed by atoms with Crippen molar-refractivity contribution in [2.45, 2.75) is 35.1 Å². The lowest BCUT2D eigenvalue weighted by atomic mass is 10.1. The molecule has 0 saturated carbocycles. The van der Waals surface area contributed by atoms with E-state index in [1.54, 1.807) is 30.3 Å². The third-order valence-corrected chi connectivity index (χ3v) is 8.03. The number of hydrogen-bond acceptors (Lipinski definition) is 6. The number of halogens is 2. The number of nitrogens with zero attached hydrogens (tertiary/aromatic N) is 2. The van der Waals surface area contributed by atoms with E-state index in [-0.39, 0.29) is 19.2 Å². The molecule has 0 bridgehead atoms. The van der Waals surface area contributed by atoms with Gasteiger partial charge in [-0.1, -0.05) is 48.3 Å². The van der Waals surface area contributed by atoms with Gasteiger partial charge in [0.1, 0.15) is 24.7 Å². The molecule has 4 rings (SSSR count). The summed E-state index contributed by atoms with van der Waals surface area (Å²) in [5.41, 5.74) is 6.36. The van der Waals surface area contributed by atoms with Gasteiger partial charge in [-0.2, -0.15) is 0 Å². The number of carbonyl (C=O) groups is 2. The van der Waals surface area contributed by atoms with Crippen LogP contribution < -0.4 is 20.1 Å². The molecule has 0 aromatic heterocycles. The van der Waals surface area contributed by atoms with Crippen molar-refractivity contribution in [3.8, 4) is 11.5 Å². The summed E-state index contributed by atoms with van der Waals surface area (Å²) in [7, 11) is 7.93. The van der Waals surface area contributed by atoms with Crippen LogP contribution in [0.3, 0.4) is 0 Å². The molecule has 0 aliphatic carbocycles. The topological polar surface area (TPSA) is 83.1 Å². The summed E-state index contributed by atoms with van der Waals surface area (Å²) in [5.74, 6) is 0.794. The summed E-state index contributed by atoms with van der Waals surface area (Å²) >= 11 is 12.0. The van der Waals surface area contributed by atoms with Crippen molar-refractivity contribution in [1.29, 1.82) is 0 Å². The second kappa shape index (κ2) is 19.8. The molecule has 0 unspecified atom stereocenters. The van der Waals surface area contributed by atoms with E-state index in [1.807, 2.05) is 108 Å². The molecule has 0 heterocycles. The normalized spacial score (nSPS) is 10.5. The van der Waals surface area contributed by atoms with Gasteiger partial charge in [0, 0.05) is 34.5 Å². The lowest BCUT2D eigenvalue weighted by molar-refractivity contribution is 0.101. The molecule has 8 nitrogen and oxygen atoms in total. The highest BCUT2D eigenvalue weighted by atomic mass is 35.5. The van der Waals surface area contributed by atoms with E-state index in [9.17, 15) is 9.59 Å². The van der Waals surface area contributed by atoms with Gasteiger partial charge in [0.15, 0.2) is 0 Å². The fourth-order valence-corrected chi connectivity index (χ4v) is 4.64. The summed E-state index contributed by atoms with van der Waals surface area (Å²) in [6.45, 7) is 10.3. The van der Waals surface area contributed by atoms with Crippen LogP contribution in [0.15, 0.2) is 72.8 Å². The zero-order chi connectivity index (χ0) is 35.4. The summed E-state index contributed by atoms with van der Waals surface area (Å²) in [6.07, 6.45) is 0. The molecule has 4 aromatic rings. The first-order valence-electron chi connectivity index (χ1n) is 15.6. The average Bonchev–Trinajstić information content (AvgIpc) is 3.01. The maximum atomic E-state index is 12.6. The first-order valence-corrected chi connectivity index (χ1v) is 16.4. The second-order valence-electron chi connectivity index (χ2n) is 12.1. The molecule has 2 amide bonds. The number of hydrogen-bond donors (Lipinski definition) is 2. The lowest BCUT2D eigenvalue weighted by Gasteiger charge is -2.15. The van der Waals surface area contributed by atoms with Crippen LogP contribution in [-0.4, -0.2) is 76.1 Å². The van der Waals surface area contributed by atoms with E-state index in [0.29, 0.717) is 57.3 Å². The molecular weight excluding hydrogens is 659 g/mol. The van der Waals surface area contributed by atoms with Gasteiger partial charge in [0.2, 0.25) is 0 Å². The van der Waals surface area contributed by atoms with E-state index in [1.165, 1.54) is 0 Å². The Morgan fingerprint density at radius 2 is 1.04 bits per heavy atom. The van der Waals surface area contributed by atoms with Crippen molar-refractivity contribution in [2.24, 2.45) is 0 Å². The minimum atomic E-state index is -0.198. The Hall–Kier alpha value is -4.08. The van der Waals surface area contributed by atoms with Gasteiger partial charge >= 0.3 is 0 Å². The van der Waals surface area contributed by atoms with Crippen LogP contribution in [0.1, 0.15) is 50.4 Å². The molecule has 10 heteroatoms. The molecule has 4 aromatic carbocycles. The number of rotatable bonds is 12. The Kier molecular flexibility index (Phi) is 16.6. The minimum Gasteiger partial charge on any atom is -0.491 e. The molecular formula is C39H50Cl2N4O4. The van der Waals surface area contributed by atoms with Gasteiger partial charge in [0.25, 0.3) is 11.8 Å². The molecule has 0 atom stereocenters. The lowest BCUT2D eigenvalue weighted by Crippen LogP contribution is -2.21. The number of benzene rings is 4. The highest BCUT2D eigenvalue weighted by Gasteiger charge is 2.15. The van der Waals surface area contributed by atoms with Crippen LogP contribution >= 0.6 is 23.2 Å². The fraction of sp³-hybridized carbons (Fsp3) is 0.333. The molecule has 2 N–H and O–H groups in total. The van der Waals surface area contributed by atoms with Crippen LogP contribution in [0.2, 0.25) is 10.0 Å². The summed E-state index contributed by atoms with van der Waals surface area (Å²) < 4.78 is 11.6. The van der Waals surface area contributed by atoms with Gasteiger partial charge in [-0.15, -0.1) is 0 Å². The van der Waals surface area contributed by atoms with Crippen molar-refractivity contribution >= 4 is 46.4 Å². The molecule has 0 fully saturated rings. The smallest absolute Gasteiger partial charge is 0.259 e. The van der Waals surface area contributed by atoms with E-state index in [0.717, 1.165) is 35.3 Å². The number of anilines is 2. The number of carbonyl (C=O) groups excluding carboxylic acids is 2. The van der Waals surface area contributed by atoms with Crippen LogP contribution in [0, 0.1) is 27.7 Å². The second-order valence-corrected chi connectivity index (χ2v) is 13.0. The molecule has 49 heavy (non-hydrogen) atoms. The van der Waals surface area contributed by atoms with Gasteiger partial charge in [-0.3, -0.25) is 9.59 Å². The number of aryl methyl sites for hydroxylation is 4. The fourth-order valence-electron chi connectivity index (χ4n) is 4.40. The SMILES string of the molecule is C.Cc1ccc(C(=O)Nc2ccc(Cl)c(C)c2)c(OCCN(C)C)c1.Cc1ccc(OCCN(C)C)c(C(=O)Nc2ccc(Cl)c(C)c2)c1. The van der Waals surface area contributed by atoms with E-state index in [4.69, 9.17) is 32.7 Å². The Morgan fingerprint density at radius 1 is 0.592 bits per heavy atom. The Bertz CT molecular complexity index is 1710. The molecule has 264 valence electrons. The highest BCUT2D eigenvalue weighted by molar-refractivity contribution is 6.31. The predicted molar refractivity (Wildman–Crippen MR) is 205 cm³/mol. The van der Waals surface area contributed by atoms with Crippen molar-refractivity contribution in [3.63, 3.8) is 0 Å². The van der Waals surface area contributed by atoms with Crippen molar-refractivity contribution in [2.75, 3.05) is 65.1 Å². The maximum absolute atomic E-state index is 12.6. The predicted octanol–water partition coefficient (Wildman–Crippen LogP) is 8.94. The Labute approximate surface area is 302 Å². The number of amides is 2. The van der Waals surface area contributed by atoms with E-state index in [2.05, 4.69) is 10.6 Å². The van der Waals surface area contributed by atoms with Crippen molar-refractivity contribution < 1.29 is 19.1 Å². The Morgan fingerprint density at radius 3 is 1.53 bits per heavy atom. The average molecular weight is 710 g/mol. The number of ether oxygens (including phenoxy) is 2. The van der Waals surface area contributed by atoms with Crippen LogP contribution in [0.5, 0.6) is 11.5 Å². The standard InChI is InChI=1S/2C19H23ClN2O2.CH4/c1-13-5-8-18(24-10-9-22(3)4)16(11-13)19(23)21-15-6-7-17(20)14(2)12-15;1-13-5-7-16(18(11-13)24-10-9-22(3)4)19(23)21-15-6-8-17(20)14(2)12-15;/h2*5-8,11-12H,9-10H2,1-4H3,(H,21,23);1H4. The monoisotopic (exact) mass is 708 g/mol. The third-order valence-electron chi connectivity index (χ3n) is 7.19. The summed E-state index contributed by atoms with van der Waals surface area (Å²) in [5, 5.41) is 7.16. The van der Waals surface area contributed by atoms with Gasteiger partial charge < -0.3 is 29.9 Å². The first kappa shape index (κ1) is 41.1. The van der Waals surface area contributed by atoms with Crippen LogP contribution in [0.25, 0.3) is 0 Å². The maximum Gasteiger partial charge on any atom is 0.259 e. The van der Waals surface area contributed by atoms with Crippen LogP contribution in [0.4, 0.5) is 11.4 Å². The van der Waals surface area contributed by atoms with Gasteiger partial charge in [0.05, 0.1) is 11.1 Å². The first-order chi connectivity index (χ1) is 22.7. The molecule has 0 radical (unpaired) electrons. The van der Waals surface area contributed by atoms with E-state index < -0.39 is 0 Å². The quantitative estimate of drug-likeness (QED) is 0.153. The minimum absolute atomic E-state index is 0. The molecule has 0 saturated heterocycles. The zero-order valence-corrected chi connectivity index (χ0v) is 30.6. The largest absolute Gasteiger partial charge is 0.491 e. The van der Waals surface area contributed by atoms with Crippen LogP contribution in [-0.2, 0) is 0 Å². The summed E-state index contributed by atoms with van der Waals surface area (Å²) in [4.78, 5) is 29.3. The third kappa shape index (κ3) is 13.4.